The molecule has 2 aromatic carbocycles. The van der Waals surface area contributed by atoms with Crippen molar-refractivity contribution in [2.45, 2.75) is 38.5 Å². The zero-order chi connectivity index (χ0) is 22.9. The minimum atomic E-state index is -3.69. The molecule has 0 atom stereocenters. The molecule has 0 aliphatic rings. The molecule has 170 valence electrons. The monoisotopic (exact) mass is 450 g/mol. The van der Waals surface area contributed by atoms with Crippen LogP contribution in [0.1, 0.15) is 33.6 Å². The molecule has 0 radical (unpaired) electrons. The summed E-state index contributed by atoms with van der Waals surface area (Å²) in [7, 11) is -3.69. The molecule has 0 bridgehead atoms. The average molecular weight is 451 g/mol. The molecule has 0 fully saturated rings. The lowest BCUT2D eigenvalue weighted by Crippen LogP contribution is -2.30. The normalized spacial score (nSPS) is 11.4. The molecule has 0 aliphatic heterocycles. The zero-order valence-electron chi connectivity index (χ0n) is 18.1. The van der Waals surface area contributed by atoms with Crippen molar-refractivity contribution in [3.8, 4) is 17.2 Å². The number of phenols is 1. The highest BCUT2D eigenvalue weighted by Crippen LogP contribution is 2.28. The predicted molar refractivity (Wildman–Crippen MR) is 119 cm³/mol. The van der Waals surface area contributed by atoms with Gasteiger partial charge in [-0.25, -0.2) is 8.42 Å². The quantitative estimate of drug-likeness (QED) is 0.378. The Bertz CT molecular complexity index is 956. The van der Waals surface area contributed by atoms with E-state index in [-0.39, 0.29) is 28.7 Å². The zero-order valence-corrected chi connectivity index (χ0v) is 18.9. The Hall–Kier alpha value is -2.78. The number of phenolic OH excluding ortho intramolecular Hbond substituents is 1. The van der Waals surface area contributed by atoms with E-state index in [1.807, 2.05) is 19.1 Å². The van der Waals surface area contributed by atoms with Crippen LogP contribution in [0.5, 0.6) is 17.2 Å². The lowest BCUT2D eigenvalue weighted by Gasteiger charge is -2.19. The van der Waals surface area contributed by atoms with Crippen molar-refractivity contribution in [1.82, 2.24) is 4.31 Å². The molecule has 8 nitrogen and oxygen atoms in total. The second-order valence-electron chi connectivity index (χ2n) is 6.67. The van der Waals surface area contributed by atoms with Crippen molar-refractivity contribution < 1.29 is 27.8 Å². The predicted octanol–water partition coefficient (Wildman–Crippen LogP) is 3.62. The molecule has 0 aliphatic carbocycles. The fourth-order valence-corrected chi connectivity index (χ4v) is 4.41. The van der Waals surface area contributed by atoms with Crippen LogP contribution in [0, 0.1) is 0 Å². The van der Waals surface area contributed by atoms with Crippen molar-refractivity contribution in [1.29, 1.82) is 0 Å². The van der Waals surface area contributed by atoms with E-state index < -0.39 is 10.0 Å². The standard InChI is InChI=1S/C22H30N2O6S/c1-4-24(5-2)31(27,28)19-13-14-21(25)20(16-19)23-22(26)8-7-15-30-18-11-9-17(10-12-18)29-6-3/h9-14,16,25H,4-8,15H2,1-3H3,(H,23,26). The van der Waals surface area contributed by atoms with Gasteiger partial charge in [-0.1, -0.05) is 13.8 Å². The number of benzene rings is 2. The van der Waals surface area contributed by atoms with Crippen molar-refractivity contribution in [2.24, 2.45) is 0 Å². The third-order valence-corrected chi connectivity index (χ3v) is 6.58. The summed E-state index contributed by atoms with van der Waals surface area (Å²) in [6.45, 7) is 7.00. The van der Waals surface area contributed by atoms with Gasteiger partial charge in [0.2, 0.25) is 15.9 Å². The number of hydrogen-bond donors (Lipinski definition) is 2. The highest BCUT2D eigenvalue weighted by Gasteiger charge is 2.23. The number of amides is 1. The van der Waals surface area contributed by atoms with Crippen molar-refractivity contribution in [3.63, 3.8) is 0 Å². The highest BCUT2D eigenvalue weighted by molar-refractivity contribution is 7.89. The van der Waals surface area contributed by atoms with E-state index in [9.17, 15) is 18.3 Å². The van der Waals surface area contributed by atoms with Gasteiger partial charge < -0.3 is 19.9 Å². The van der Waals surface area contributed by atoms with E-state index in [0.29, 0.717) is 38.5 Å². The second-order valence-corrected chi connectivity index (χ2v) is 8.61. The van der Waals surface area contributed by atoms with Gasteiger partial charge >= 0.3 is 0 Å². The number of sulfonamides is 1. The summed E-state index contributed by atoms with van der Waals surface area (Å²) in [6.07, 6.45) is 0.612. The Kier molecular flexibility index (Phi) is 9.14. The van der Waals surface area contributed by atoms with Crippen LogP contribution in [0.25, 0.3) is 0 Å². The van der Waals surface area contributed by atoms with Crippen LogP contribution in [0.15, 0.2) is 47.4 Å². The molecule has 0 spiro atoms. The summed E-state index contributed by atoms with van der Waals surface area (Å²) in [6, 6.07) is 11.1. The summed E-state index contributed by atoms with van der Waals surface area (Å²) in [5.74, 6) is 0.899. The van der Waals surface area contributed by atoms with Gasteiger partial charge in [-0.15, -0.1) is 0 Å². The van der Waals surface area contributed by atoms with E-state index in [4.69, 9.17) is 9.47 Å². The molecule has 2 aromatic rings. The highest BCUT2D eigenvalue weighted by atomic mass is 32.2. The Morgan fingerprint density at radius 1 is 1.00 bits per heavy atom. The minimum Gasteiger partial charge on any atom is -0.506 e. The number of nitrogens with one attached hydrogen (secondary N) is 1. The third kappa shape index (κ3) is 6.86. The van der Waals surface area contributed by atoms with E-state index in [2.05, 4.69) is 5.32 Å². The Morgan fingerprint density at radius 2 is 1.61 bits per heavy atom. The number of aromatic hydroxyl groups is 1. The first-order valence-electron chi connectivity index (χ1n) is 10.3. The molecule has 1 amide bonds. The first kappa shape index (κ1) is 24.5. The number of carbonyl (C=O) groups is 1. The Balaban J connectivity index is 1.90. The fourth-order valence-electron chi connectivity index (χ4n) is 2.92. The molecule has 2 rings (SSSR count). The topological polar surface area (TPSA) is 105 Å². The van der Waals surface area contributed by atoms with Gasteiger partial charge in [-0.2, -0.15) is 4.31 Å². The van der Waals surface area contributed by atoms with Crippen LogP contribution >= 0.6 is 0 Å². The molecule has 9 heteroatoms. The molecule has 31 heavy (non-hydrogen) atoms. The third-order valence-electron chi connectivity index (χ3n) is 4.54. The van der Waals surface area contributed by atoms with Gasteiger partial charge in [-0.05, 0) is 55.8 Å². The Labute approximate surface area is 183 Å². The Morgan fingerprint density at radius 3 is 2.19 bits per heavy atom. The molecule has 0 heterocycles. The molecule has 2 N–H and O–H groups in total. The van der Waals surface area contributed by atoms with E-state index in [0.717, 1.165) is 5.75 Å². The van der Waals surface area contributed by atoms with Gasteiger partial charge in [0.15, 0.2) is 0 Å². The molecular weight excluding hydrogens is 420 g/mol. The number of carbonyl (C=O) groups excluding carboxylic acids is 1. The van der Waals surface area contributed by atoms with Crippen LogP contribution in [-0.4, -0.2) is 50.0 Å². The van der Waals surface area contributed by atoms with Gasteiger partial charge in [-0.3, -0.25) is 4.79 Å². The summed E-state index contributed by atoms with van der Waals surface area (Å²) < 4.78 is 37.6. The van der Waals surface area contributed by atoms with Crippen LogP contribution in [0.2, 0.25) is 0 Å². The SMILES string of the molecule is CCOc1ccc(OCCCC(=O)Nc2cc(S(=O)(=O)N(CC)CC)ccc2O)cc1. The largest absolute Gasteiger partial charge is 0.506 e. The number of hydrogen-bond acceptors (Lipinski definition) is 6. The van der Waals surface area contributed by atoms with Crippen molar-refractivity contribution in [3.05, 3.63) is 42.5 Å². The maximum atomic E-state index is 12.7. The summed E-state index contributed by atoms with van der Waals surface area (Å²) in [5.41, 5.74) is 0.0608. The number of nitrogens with zero attached hydrogens (tertiary/aromatic N) is 1. The maximum Gasteiger partial charge on any atom is 0.243 e. The van der Waals surface area contributed by atoms with Gasteiger partial charge in [0.1, 0.15) is 17.2 Å². The first-order chi connectivity index (χ1) is 14.8. The molecule has 0 saturated heterocycles. The smallest absolute Gasteiger partial charge is 0.243 e. The average Bonchev–Trinajstić information content (AvgIpc) is 2.74. The van der Waals surface area contributed by atoms with E-state index >= 15 is 0 Å². The number of ether oxygens (including phenoxy) is 2. The lowest BCUT2D eigenvalue weighted by atomic mass is 10.2. The van der Waals surface area contributed by atoms with Crippen molar-refractivity contribution in [2.75, 3.05) is 31.6 Å². The maximum absolute atomic E-state index is 12.7. The molecule has 0 aromatic heterocycles. The summed E-state index contributed by atoms with van der Waals surface area (Å²) in [4.78, 5) is 12.3. The fraction of sp³-hybridized carbons (Fsp3) is 0.409. The van der Waals surface area contributed by atoms with Crippen LogP contribution in [0.4, 0.5) is 5.69 Å². The van der Waals surface area contributed by atoms with Crippen LogP contribution in [-0.2, 0) is 14.8 Å². The van der Waals surface area contributed by atoms with Gasteiger partial charge in [0.25, 0.3) is 0 Å². The van der Waals surface area contributed by atoms with Crippen molar-refractivity contribution >= 4 is 21.6 Å². The van der Waals surface area contributed by atoms with Gasteiger partial charge in [0.05, 0.1) is 23.8 Å². The molecule has 0 saturated carbocycles. The van der Waals surface area contributed by atoms with E-state index in [1.165, 1.54) is 22.5 Å². The first-order valence-corrected chi connectivity index (χ1v) is 11.7. The number of rotatable bonds is 12. The minimum absolute atomic E-state index is 0.0168. The van der Waals surface area contributed by atoms with Crippen LogP contribution < -0.4 is 14.8 Å². The summed E-state index contributed by atoms with van der Waals surface area (Å²) in [5, 5.41) is 12.6. The van der Waals surface area contributed by atoms with E-state index in [1.54, 1.807) is 26.0 Å². The second kappa shape index (κ2) is 11.6. The molecule has 0 unspecified atom stereocenters. The molecular formula is C22H30N2O6S. The lowest BCUT2D eigenvalue weighted by molar-refractivity contribution is -0.116. The summed E-state index contributed by atoms with van der Waals surface area (Å²) >= 11 is 0. The van der Waals surface area contributed by atoms with Crippen LogP contribution in [0.3, 0.4) is 0 Å². The van der Waals surface area contributed by atoms with Gasteiger partial charge in [0, 0.05) is 19.5 Å². The number of anilines is 1.